The Morgan fingerprint density at radius 2 is 1.85 bits per heavy atom. The fourth-order valence-corrected chi connectivity index (χ4v) is 4.93. The molecule has 0 aliphatic rings. The van der Waals surface area contributed by atoms with Crippen LogP contribution < -0.4 is 0 Å². The Bertz CT molecular complexity index is 1550. The second-order valence-corrected chi connectivity index (χ2v) is 8.95. The fraction of sp³-hybridized carbons (Fsp3) is 0.0833. The zero-order chi connectivity index (χ0) is 23.4. The molecule has 0 unspecified atom stereocenters. The molecule has 9 heteroatoms. The smallest absolute Gasteiger partial charge is 0.242 e. The van der Waals surface area contributed by atoms with Crippen molar-refractivity contribution in [2.24, 2.45) is 0 Å². The Labute approximate surface area is 196 Å². The predicted molar refractivity (Wildman–Crippen MR) is 124 cm³/mol. The van der Waals surface area contributed by atoms with Crippen molar-refractivity contribution in [2.45, 2.75) is 13.8 Å². The first-order valence-corrected chi connectivity index (χ1v) is 11.0. The molecule has 0 bridgehead atoms. The molecule has 5 rings (SSSR count). The van der Waals surface area contributed by atoms with E-state index in [0.29, 0.717) is 32.3 Å². The minimum Gasteiger partial charge on any atom is -0.503 e. The van der Waals surface area contributed by atoms with Crippen molar-refractivity contribution >= 4 is 38.9 Å². The van der Waals surface area contributed by atoms with Crippen molar-refractivity contribution in [3.8, 4) is 28.0 Å². The van der Waals surface area contributed by atoms with E-state index in [1.165, 1.54) is 22.8 Å². The summed E-state index contributed by atoms with van der Waals surface area (Å²) < 4.78 is 21.1. The van der Waals surface area contributed by atoms with Gasteiger partial charge in [-0.05, 0) is 55.8 Å². The molecular weight excluding hydrogens is 467 g/mol. The van der Waals surface area contributed by atoms with Crippen LogP contribution in [0.2, 0.25) is 5.02 Å². The third-order valence-corrected chi connectivity index (χ3v) is 6.54. The predicted octanol–water partition coefficient (Wildman–Crippen LogP) is 6.40. The van der Waals surface area contributed by atoms with Gasteiger partial charge in [0, 0.05) is 5.02 Å². The Hall–Kier alpha value is -3.62. The summed E-state index contributed by atoms with van der Waals surface area (Å²) in [6, 6.07) is 12.3. The lowest BCUT2D eigenvalue weighted by atomic mass is 9.99. The number of aryl methyl sites for hydroxylation is 2. The zero-order valence-corrected chi connectivity index (χ0v) is 19.0. The quantitative estimate of drug-likeness (QED) is 0.289. The van der Waals surface area contributed by atoms with Gasteiger partial charge >= 0.3 is 0 Å². The van der Waals surface area contributed by atoms with Crippen LogP contribution in [0.25, 0.3) is 26.6 Å². The van der Waals surface area contributed by atoms with Crippen LogP contribution in [0.3, 0.4) is 0 Å². The first-order chi connectivity index (χ1) is 15.7. The van der Waals surface area contributed by atoms with E-state index in [4.69, 9.17) is 16.0 Å². The van der Waals surface area contributed by atoms with Gasteiger partial charge in [-0.25, -0.2) is 9.37 Å². The number of fused-ring (bicyclic) bond motifs is 1. The van der Waals surface area contributed by atoms with Crippen LogP contribution in [0.1, 0.15) is 27.4 Å². The highest BCUT2D eigenvalue weighted by Crippen LogP contribution is 2.45. The zero-order valence-electron chi connectivity index (χ0n) is 17.4. The molecule has 3 heterocycles. The molecule has 33 heavy (non-hydrogen) atoms. The van der Waals surface area contributed by atoms with Crippen molar-refractivity contribution in [1.29, 1.82) is 0 Å². The molecule has 0 saturated carbocycles. The fourth-order valence-electron chi connectivity index (χ4n) is 3.80. The van der Waals surface area contributed by atoms with E-state index < -0.39 is 23.2 Å². The largest absolute Gasteiger partial charge is 0.503 e. The number of benzene rings is 2. The molecule has 2 N–H and O–H groups in total. The molecule has 0 saturated heterocycles. The second-order valence-electron chi connectivity index (χ2n) is 7.50. The van der Waals surface area contributed by atoms with Crippen LogP contribution in [-0.2, 0) is 0 Å². The number of furan rings is 1. The lowest BCUT2D eigenvalue weighted by Crippen LogP contribution is -2.05. The van der Waals surface area contributed by atoms with Gasteiger partial charge in [-0.15, -0.1) is 0 Å². The Kier molecular flexibility index (Phi) is 4.99. The topological polar surface area (TPSA) is 88.5 Å². The lowest BCUT2D eigenvalue weighted by Gasteiger charge is -2.09. The number of hydrogen-bond donors (Lipinski definition) is 2. The van der Waals surface area contributed by atoms with Gasteiger partial charge < -0.3 is 14.6 Å². The van der Waals surface area contributed by atoms with E-state index in [1.807, 2.05) is 0 Å². The van der Waals surface area contributed by atoms with Gasteiger partial charge in [-0.2, -0.15) is 0 Å². The third kappa shape index (κ3) is 3.48. The molecule has 0 aliphatic carbocycles. The normalized spacial score (nSPS) is 11.4. The molecule has 3 aromatic heterocycles. The average Bonchev–Trinajstić information content (AvgIpc) is 3.41. The van der Waals surface area contributed by atoms with Crippen LogP contribution in [0, 0.1) is 19.7 Å². The maximum absolute atomic E-state index is 13.7. The van der Waals surface area contributed by atoms with E-state index in [2.05, 4.69) is 4.98 Å². The van der Waals surface area contributed by atoms with Crippen molar-refractivity contribution in [3.05, 3.63) is 82.0 Å². The number of carbonyl (C=O) groups excluding carboxylic acids is 1. The molecule has 0 fully saturated rings. The minimum atomic E-state index is -0.589. The Morgan fingerprint density at radius 3 is 2.52 bits per heavy atom. The van der Waals surface area contributed by atoms with E-state index in [-0.39, 0.29) is 22.0 Å². The van der Waals surface area contributed by atoms with Gasteiger partial charge in [0.15, 0.2) is 10.9 Å². The molecule has 0 radical (unpaired) electrons. The summed E-state index contributed by atoms with van der Waals surface area (Å²) in [6.07, 6.45) is 0. The highest BCUT2D eigenvalue weighted by atomic mass is 35.5. The summed E-state index contributed by atoms with van der Waals surface area (Å²) in [4.78, 5) is 18.0. The van der Waals surface area contributed by atoms with E-state index in [9.17, 15) is 19.4 Å². The molecule has 0 amide bonds. The molecule has 6 nitrogen and oxygen atoms in total. The molecule has 0 aliphatic heterocycles. The highest BCUT2D eigenvalue weighted by molar-refractivity contribution is 7.20. The maximum atomic E-state index is 13.7. The van der Waals surface area contributed by atoms with E-state index in [0.717, 1.165) is 11.3 Å². The maximum Gasteiger partial charge on any atom is 0.242 e. The third-order valence-electron chi connectivity index (χ3n) is 5.28. The second kappa shape index (κ2) is 7.75. The standard InChI is InChI=1S/C24H16ClFN2O4S/c1-11-9-16(12(2)32-11)21(29)19-20(13-3-5-14(25)6-4-13)28(23(31)22(19)30)24-27-17-8-7-15(26)10-18(17)33-24/h3-10,30-31H,1-2H3. The Morgan fingerprint density at radius 1 is 1.12 bits per heavy atom. The number of aromatic hydroxyl groups is 2. The van der Waals surface area contributed by atoms with Crippen LogP contribution in [0.5, 0.6) is 11.6 Å². The molecule has 2 aromatic carbocycles. The summed E-state index contributed by atoms with van der Waals surface area (Å²) in [5.74, 6) is -1.15. The SMILES string of the molecule is Cc1cc(C(=O)c2c(O)c(O)n(-c3nc4ccc(F)cc4s3)c2-c2ccc(Cl)cc2)c(C)o1. The van der Waals surface area contributed by atoms with Crippen LogP contribution in [0.15, 0.2) is 52.9 Å². The molecule has 5 aromatic rings. The van der Waals surface area contributed by atoms with Gasteiger partial charge in [0.25, 0.3) is 0 Å². The van der Waals surface area contributed by atoms with Crippen molar-refractivity contribution in [1.82, 2.24) is 9.55 Å². The summed E-state index contributed by atoms with van der Waals surface area (Å²) in [7, 11) is 0. The van der Waals surface area contributed by atoms with Gasteiger partial charge in [0.1, 0.15) is 17.3 Å². The first-order valence-electron chi connectivity index (χ1n) is 9.85. The monoisotopic (exact) mass is 482 g/mol. The molecule has 0 atom stereocenters. The molecule has 0 spiro atoms. The average molecular weight is 483 g/mol. The van der Waals surface area contributed by atoms with Crippen molar-refractivity contribution < 1.29 is 23.8 Å². The van der Waals surface area contributed by atoms with Crippen LogP contribution in [-0.4, -0.2) is 25.5 Å². The van der Waals surface area contributed by atoms with E-state index >= 15 is 0 Å². The van der Waals surface area contributed by atoms with Crippen LogP contribution >= 0.6 is 22.9 Å². The Balaban J connectivity index is 1.82. The summed E-state index contributed by atoms with van der Waals surface area (Å²) >= 11 is 7.16. The number of aromatic nitrogens is 2. The minimum absolute atomic E-state index is 0.107. The number of rotatable bonds is 4. The highest BCUT2D eigenvalue weighted by Gasteiger charge is 2.32. The van der Waals surface area contributed by atoms with Crippen molar-refractivity contribution in [3.63, 3.8) is 0 Å². The molecular formula is C24H16ClFN2O4S. The number of carbonyl (C=O) groups is 1. The number of halogens is 2. The first kappa shape index (κ1) is 21.2. The number of ketones is 1. The number of thiazole rings is 1. The van der Waals surface area contributed by atoms with Crippen molar-refractivity contribution in [2.75, 3.05) is 0 Å². The van der Waals surface area contributed by atoms with Crippen LogP contribution in [0.4, 0.5) is 4.39 Å². The lowest BCUT2D eigenvalue weighted by molar-refractivity contribution is 0.103. The summed E-state index contributed by atoms with van der Waals surface area (Å²) in [6.45, 7) is 3.37. The number of nitrogens with zero attached hydrogens (tertiary/aromatic N) is 2. The molecule has 166 valence electrons. The number of hydrogen-bond acceptors (Lipinski definition) is 6. The van der Waals surface area contributed by atoms with Gasteiger partial charge in [0.05, 0.1) is 27.0 Å². The van der Waals surface area contributed by atoms with Gasteiger partial charge in [-0.1, -0.05) is 35.1 Å². The van der Waals surface area contributed by atoms with E-state index in [1.54, 1.807) is 44.2 Å². The summed E-state index contributed by atoms with van der Waals surface area (Å²) in [5.41, 5.74) is 1.41. The summed E-state index contributed by atoms with van der Waals surface area (Å²) in [5, 5.41) is 22.6. The van der Waals surface area contributed by atoms with Gasteiger partial charge in [0.2, 0.25) is 11.7 Å². The van der Waals surface area contributed by atoms with Gasteiger partial charge in [-0.3, -0.25) is 9.36 Å².